The van der Waals surface area contributed by atoms with E-state index < -0.39 is 0 Å². The van der Waals surface area contributed by atoms with Crippen LogP contribution in [0.2, 0.25) is 0 Å². The zero-order valence-electron chi connectivity index (χ0n) is 15.2. The fraction of sp³-hybridized carbons (Fsp3) is 1.00. The van der Waals surface area contributed by atoms with E-state index in [9.17, 15) is 5.11 Å². The molecule has 0 radical (unpaired) electrons. The molecule has 1 fully saturated rings. The molecule has 1 rings (SSSR count). The molecule has 5 heteroatoms. The molecule has 0 aromatic rings. The summed E-state index contributed by atoms with van der Waals surface area (Å²) >= 11 is 0. The van der Waals surface area contributed by atoms with Crippen LogP contribution in [-0.2, 0) is 18.9 Å². The average Bonchev–Trinajstić information content (AvgIpc) is 2.89. The van der Waals surface area contributed by atoms with Gasteiger partial charge in [0.1, 0.15) is 24.4 Å². The lowest BCUT2D eigenvalue weighted by molar-refractivity contribution is -0.0796. The molecule has 1 saturated heterocycles. The van der Waals surface area contributed by atoms with Gasteiger partial charge >= 0.3 is 0 Å². The van der Waals surface area contributed by atoms with Crippen molar-refractivity contribution in [2.24, 2.45) is 0 Å². The molecule has 0 amide bonds. The maximum absolute atomic E-state index is 9.61. The van der Waals surface area contributed by atoms with E-state index in [4.69, 9.17) is 18.9 Å². The number of ether oxygens (including phenoxy) is 4. The predicted molar refractivity (Wildman–Crippen MR) is 90.8 cm³/mol. The highest BCUT2D eigenvalue weighted by molar-refractivity contribution is 4.93. The van der Waals surface area contributed by atoms with Gasteiger partial charge in [-0.1, -0.05) is 40.0 Å². The Kier molecular flexibility index (Phi) is 11.9. The molecule has 4 atom stereocenters. The maximum atomic E-state index is 9.61. The third-order valence-electron chi connectivity index (χ3n) is 4.13. The number of aliphatic hydroxyl groups is 1. The summed E-state index contributed by atoms with van der Waals surface area (Å²) in [6.45, 7) is 8.99. The molecule has 1 aliphatic heterocycles. The van der Waals surface area contributed by atoms with Crippen LogP contribution in [0, 0.1) is 0 Å². The summed E-state index contributed by atoms with van der Waals surface area (Å²) < 4.78 is 23.7. The second kappa shape index (κ2) is 13.1. The minimum atomic E-state index is -0.321. The monoisotopic (exact) mass is 332 g/mol. The smallest absolute Gasteiger partial charge is 0.115 e. The third-order valence-corrected chi connectivity index (χ3v) is 4.13. The van der Waals surface area contributed by atoms with Crippen LogP contribution in [0.15, 0.2) is 0 Å². The summed E-state index contributed by atoms with van der Waals surface area (Å²) in [5.74, 6) is 0. The topological polar surface area (TPSA) is 57.2 Å². The lowest BCUT2D eigenvalue weighted by atomic mass is 10.1. The first kappa shape index (κ1) is 20.8. The van der Waals surface area contributed by atoms with Crippen molar-refractivity contribution >= 4 is 0 Å². The molecule has 1 aliphatic rings. The van der Waals surface area contributed by atoms with Crippen LogP contribution in [0.5, 0.6) is 0 Å². The normalized spacial score (nSPS) is 27.7. The van der Waals surface area contributed by atoms with Crippen LogP contribution < -0.4 is 0 Å². The first-order chi connectivity index (χ1) is 11.3. The lowest BCUT2D eigenvalue weighted by Crippen LogP contribution is -2.40. The fourth-order valence-corrected chi connectivity index (χ4v) is 2.66. The Balaban J connectivity index is 2.57. The van der Waals surface area contributed by atoms with Crippen molar-refractivity contribution in [3.63, 3.8) is 0 Å². The zero-order valence-corrected chi connectivity index (χ0v) is 15.2. The van der Waals surface area contributed by atoms with Crippen molar-refractivity contribution in [3.8, 4) is 0 Å². The van der Waals surface area contributed by atoms with Gasteiger partial charge in [0, 0.05) is 19.8 Å². The summed E-state index contributed by atoms with van der Waals surface area (Å²) in [5, 5.41) is 9.61. The summed E-state index contributed by atoms with van der Waals surface area (Å²) in [6, 6.07) is 0. The number of unbranched alkanes of at least 4 members (excludes halogenated alkanes) is 3. The van der Waals surface area contributed by atoms with Gasteiger partial charge in [0.05, 0.1) is 13.2 Å². The summed E-state index contributed by atoms with van der Waals surface area (Å²) in [5.41, 5.74) is 0. The lowest BCUT2D eigenvalue weighted by Gasteiger charge is -2.24. The Morgan fingerprint density at radius 3 is 1.83 bits per heavy atom. The molecule has 5 nitrogen and oxygen atoms in total. The molecule has 1 heterocycles. The summed E-state index contributed by atoms with van der Waals surface area (Å²) in [7, 11) is 0. The van der Waals surface area contributed by atoms with Gasteiger partial charge < -0.3 is 24.1 Å². The molecule has 1 unspecified atom stereocenters. The molecule has 0 bridgehead atoms. The van der Waals surface area contributed by atoms with Crippen LogP contribution in [0.25, 0.3) is 0 Å². The molecule has 0 aromatic heterocycles. The molecule has 0 saturated carbocycles. The van der Waals surface area contributed by atoms with Gasteiger partial charge in [-0.2, -0.15) is 0 Å². The molecule has 1 N–H and O–H groups in total. The van der Waals surface area contributed by atoms with E-state index in [0.29, 0.717) is 19.8 Å². The van der Waals surface area contributed by atoms with Crippen molar-refractivity contribution in [1.82, 2.24) is 0 Å². The molecule has 0 aliphatic carbocycles. The van der Waals surface area contributed by atoms with Gasteiger partial charge in [0.2, 0.25) is 0 Å². The Labute approximate surface area is 141 Å². The van der Waals surface area contributed by atoms with Crippen LogP contribution in [0.3, 0.4) is 0 Å². The van der Waals surface area contributed by atoms with Crippen molar-refractivity contribution < 1.29 is 24.1 Å². The zero-order chi connectivity index (χ0) is 16.9. The second-order valence-corrected chi connectivity index (χ2v) is 6.20. The van der Waals surface area contributed by atoms with Crippen molar-refractivity contribution in [2.75, 3.05) is 33.0 Å². The van der Waals surface area contributed by atoms with Crippen molar-refractivity contribution in [3.05, 3.63) is 0 Å². The minimum absolute atomic E-state index is 0.0457. The van der Waals surface area contributed by atoms with Crippen LogP contribution in [-0.4, -0.2) is 62.6 Å². The Bertz CT molecular complexity index is 274. The maximum Gasteiger partial charge on any atom is 0.115 e. The van der Waals surface area contributed by atoms with Gasteiger partial charge in [-0.15, -0.1) is 0 Å². The van der Waals surface area contributed by atoms with Gasteiger partial charge in [-0.25, -0.2) is 0 Å². The number of hydrogen-bond acceptors (Lipinski definition) is 5. The first-order valence-corrected chi connectivity index (χ1v) is 9.35. The predicted octanol–water partition coefficient (Wildman–Crippen LogP) is 2.93. The average molecular weight is 332 g/mol. The van der Waals surface area contributed by atoms with Crippen LogP contribution in [0.4, 0.5) is 0 Å². The number of aliphatic hydroxyl groups excluding tert-OH is 1. The van der Waals surface area contributed by atoms with E-state index in [-0.39, 0.29) is 31.0 Å². The number of rotatable bonds is 14. The van der Waals surface area contributed by atoms with Gasteiger partial charge in [-0.05, 0) is 19.3 Å². The molecule has 0 aromatic carbocycles. The van der Waals surface area contributed by atoms with Crippen molar-refractivity contribution in [1.29, 1.82) is 0 Å². The van der Waals surface area contributed by atoms with E-state index in [1.807, 2.05) is 0 Å². The molecule has 0 spiro atoms. The highest BCUT2D eigenvalue weighted by Crippen LogP contribution is 2.27. The fourth-order valence-electron chi connectivity index (χ4n) is 2.66. The van der Waals surface area contributed by atoms with E-state index in [0.717, 1.165) is 45.1 Å². The Morgan fingerprint density at radius 2 is 1.30 bits per heavy atom. The standard InChI is InChI=1S/C18H36O5/c1-4-7-10-20-14-16-18(22-12-9-6-3)17(15(13-19)23-16)21-11-8-5-2/h15-19H,4-14H2,1-3H3/t15?,16-,17-,18-/m1/s1. The van der Waals surface area contributed by atoms with E-state index in [2.05, 4.69) is 20.8 Å². The highest BCUT2D eigenvalue weighted by Gasteiger charge is 2.45. The molecule has 23 heavy (non-hydrogen) atoms. The molecular formula is C18H36O5. The van der Waals surface area contributed by atoms with Gasteiger partial charge in [0.15, 0.2) is 0 Å². The van der Waals surface area contributed by atoms with Gasteiger partial charge in [0.25, 0.3) is 0 Å². The first-order valence-electron chi connectivity index (χ1n) is 9.35. The summed E-state index contributed by atoms with van der Waals surface area (Å²) in [4.78, 5) is 0. The van der Waals surface area contributed by atoms with Crippen LogP contribution >= 0.6 is 0 Å². The highest BCUT2D eigenvalue weighted by atomic mass is 16.6. The number of hydrogen-bond donors (Lipinski definition) is 1. The Morgan fingerprint density at radius 1 is 0.783 bits per heavy atom. The molecular weight excluding hydrogens is 296 g/mol. The second-order valence-electron chi connectivity index (χ2n) is 6.20. The SMILES string of the molecule is CCCCOC[C@H]1OC(CO)[C@@H](OCCCC)[C@@H]1OCCCC. The molecule has 138 valence electrons. The Hall–Kier alpha value is -0.200. The minimum Gasteiger partial charge on any atom is -0.394 e. The van der Waals surface area contributed by atoms with E-state index in [1.54, 1.807) is 0 Å². The largest absolute Gasteiger partial charge is 0.394 e. The summed E-state index contributed by atoms with van der Waals surface area (Å²) in [6.07, 6.45) is 5.53. The van der Waals surface area contributed by atoms with Gasteiger partial charge in [-0.3, -0.25) is 0 Å². The quantitative estimate of drug-likeness (QED) is 0.496. The van der Waals surface area contributed by atoms with Crippen molar-refractivity contribution in [2.45, 2.75) is 83.7 Å². The third kappa shape index (κ3) is 7.48. The van der Waals surface area contributed by atoms with E-state index >= 15 is 0 Å². The van der Waals surface area contributed by atoms with E-state index in [1.165, 1.54) is 0 Å². The van der Waals surface area contributed by atoms with Crippen LogP contribution in [0.1, 0.15) is 59.3 Å².